The molecule has 0 saturated carbocycles. The minimum atomic E-state index is -0.378. The van der Waals surface area contributed by atoms with Crippen LogP contribution in [0.4, 0.5) is 5.00 Å². The van der Waals surface area contributed by atoms with Crippen LogP contribution in [0.2, 0.25) is 10.0 Å². The Balaban J connectivity index is 1.47. The van der Waals surface area contributed by atoms with Gasteiger partial charge in [-0.2, -0.15) is 0 Å². The normalized spacial score (nSPS) is 15.1. The molecule has 1 aliphatic carbocycles. The second-order valence-electron chi connectivity index (χ2n) is 8.11. The summed E-state index contributed by atoms with van der Waals surface area (Å²) in [4.78, 5) is 26.6. The number of thiophene rings is 1. The summed E-state index contributed by atoms with van der Waals surface area (Å²) in [5.74, 6) is 0.694. The Hall–Kier alpha value is -2.07. The van der Waals surface area contributed by atoms with E-state index in [4.69, 9.17) is 27.9 Å². The molecule has 3 aromatic rings. The summed E-state index contributed by atoms with van der Waals surface area (Å²) in [6, 6.07) is 5.25. The highest BCUT2D eigenvalue weighted by Gasteiger charge is 2.29. The van der Waals surface area contributed by atoms with Gasteiger partial charge in [-0.1, -0.05) is 41.9 Å². The molecule has 0 spiro atoms. The van der Waals surface area contributed by atoms with E-state index in [0.717, 1.165) is 35.3 Å². The third-order valence-corrected chi connectivity index (χ3v) is 8.52. The van der Waals surface area contributed by atoms with Gasteiger partial charge in [-0.3, -0.25) is 4.79 Å². The van der Waals surface area contributed by atoms with E-state index < -0.39 is 0 Å². The molecule has 1 unspecified atom stereocenters. The van der Waals surface area contributed by atoms with E-state index in [1.54, 1.807) is 23.6 Å². The van der Waals surface area contributed by atoms with E-state index in [-0.39, 0.29) is 24.2 Å². The van der Waals surface area contributed by atoms with Gasteiger partial charge in [0.2, 0.25) is 5.91 Å². The quantitative estimate of drug-likeness (QED) is 0.298. The number of thioether (sulfide) groups is 1. The van der Waals surface area contributed by atoms with Gasteiger partial charge in [0.05, 0.1) is 28.0 Å². The van der Waals surface area contributed by atoms with Gasteiger partial charge >= 0.3 is 5.97 Å². The number of rotatable bonds is 7. The number of amides is 1. The van der Waals surface area contributed by atoms with Gasteiger partial charge in [0.15, 0.2) is 11.0 Å². The van der Waals surface area contributed by atoms with Gasteiger partial charge in [0.25, 0.3) is 0 Å². The molecule has 1 aromatic carbocycles. The molecule has 34 heavy (non-hydrogen) atoms. The van der Waals surface area contributed by atoms with Gasteiger partial charge in [-0.05, 0) is 55.9 Å². The number of fused-ring (bicyclic) bond motifs is 1. The summed E-state index contributed by atoms with van der Waals surface area (Å²) >= 11 is 14.9. The minimum absolute atomic E-state index is 0.120. The van der Waals surface area contributed by atoms with Crippen LogP contribution >= 0.6 is 46.3 Å². The predicted molar refractivity (Wildman–Crippen MR) is 137 cm³/mol. The van der Waals surface area contributed by atoms with Crippen LogP contribution < -0.4 is 5.32 Å². The van der Waals surface area contributed by atoms with Crippen LogP contribution in [0, 0.1) is 5.92 Å². The third-order valence-electron chi connectivity index (χ3n) is 5.59. The maximum atomic E-state index is 12.8. The number of halogens is 2. The molecule has 0 saturated heterocycles. The van der Waals surface area contributed by atoms with Gasteiger partial charge in [-0.15, -0.1) is 21.5 Å². The molecular weight excluding hydrogens is 515 g/mol. The molecular formula is C23H24Cl2N4O3S2. The van der Waals surface area contributed by atoms with E-state index in [2.05, 4.69) is 22.4 Å². The van der Waals surface area contributed by atoms with Crippen molar-refractivity contribution < 1.29 is 14.3 Å². The summed E-state index contributed by atoms with van der Waals surface area (Å²) in [7, 11) is 1.82. The van der Waals surface area contributed by atoms with Crippen LogP contribution in [0.5, 0.6) is 0 Å². The predicted octanol–water partition coefficient (Wildman–Crippen LogP) is 5.88. The van der Waals surface area contributed by atoms with Crippen molar-refractivity contribution >= 4 is 63.2 Å². The van der Waals surface area contributed by atoms with Crippen molar-refractivity contribution in [1.82, 2.24) is 14.8 Å². The Morgan fingerprint density at radius 3 is 2.82 bits per heavy atom. The second kappa shape index (κ2) is 10.7. The van der Waals surface area contributed by atoms with Crippen molar-refractivity contribution in [2.75, 3.05) is 17.7 Å². The Morgan fingerprint density at radius 2 is 2.09 bits per heavy atom. The number of anilines is 1. The van der Waals surface area contributed by atoms with E-state index in [9.17, 15) is 9.59 Å². The fraction of sp³-hybridized carbons (Fsp3) is 0.391. The first kappa shape index (κ1) is 25.0. The zero-order valence-electron chi connectivity index (χ0n) is 19.0. The van der Waals surface area contributed by atoms with Crippen molar-refractivity contribution in [3.05, 3.63) is 44.2 Å². The average Bonchev–Trinajstić information content (AvgIpc) is 3.33. The van der Waals surface area contributed by atoms with E-state index in [0.29, 0.717) is 37.5 Å². The topological polar surface area (TPSA) is 86.1 Å². The monoisotopic (exact) mass is 538 g/mol. The molecule has 180 valence electrons. The molecule has 11 heteroatoms. The summed E-state index contributed by atoms with van der Waals surface area (Å²) in [5.41, 5.74) is 2.30. The Bertz CT molecular complexity index is 1240. The highest BCUT2D eigenvalue weighted by molar-refractivity contribution is 7.99. The maximum Gasteiger partial charge on any atom is 0.341 e. The molecule has 1 N–H and O–H groups in total. The van der Waals surface area contributed by atoms with Crippen molar-refractivity contribution in [2.45, 2.75) is 38.3 Å². The number of ether oxygens (including phenoxy) is 1. The molecule has 1 aliphatic rings. The van der Waals surface area contributed by atoms with Crippen molar-refractivity contribution in [2.24, 2.45) is 13.0 Å². The molecule has 0 fully saturated rings. The highest BCUT2D eigenvalue weighted by atomic mass is 35.5. The lowest BCUT2D eigenvalue weighted by Gasteiger charge is -2.18. The van der Waals surface area contributed by atoms with Crippen molar-refractivity contribution in [3.63, 3.8) is 0 Å². The van der Waals surface area contributed by atoms with E-state index in [1.807, 2.05) is 13.1 Å². The second-order valence-corrected chi connectivity index (χ2v) is 11.0. The van der Waals surface area contributed by atoms with Crippen LogP contribution in [0.25, 0.3) is 11.4 Å². The number of esters is 1. The smallest absolute Gasteiger partial charge is 0.341 e. The van der Waals surface area contributed by atoms with Gasteiger partial charge < -0.3 is 14.6 Å². The Labute approximate surface area is 216 Å². The van der Waals surface area contributed by atoms with Crippen LogP contribution in [-0.2, 0) is 29.4 Å². The van der Waals surface area contributed by atoms with Gasteiger partial charge in [0, 0.05) is 17.5 Å². The summed E-state index contributed by atoms with van der Waals surface area (Å²) in [6.45, 7) is 4.27. The molecule has 2 aromatic heterocycles. The molecule has 0 aliphatic heterocycles. The van der Waals surface area contributed by atoms with Crippen LogP contribution in [-0.4, -0.2) is 39.0 Å². The molecule has 1 atom stereocenters. The largest absolute Gasteiger partial charge is 0.462 e. The number of nitrogens with zero attached hydrogens (tertiary/aromatic N) is 3. The fourth-order valence-electron chi connectivity index (χ4n) is 3.88. The number of hydrogen-bond acceptors (Lipinski definition) is 7. The van der Waals surface area contributed by atoms with Crippen molar-refractivity contribution in [3.8, 4) is 11.4 Å². The van der Waals surface area contributed by atoms with Gasteiger partial charge in [-0.25, -0.2) is 4.79 Å². The average molecular weight is 540 g/mol. The van der Waals surface area contributed by atoms with Gasteiger partial charge in [0.1, 0.15) is 5.00 Å². The lowest BCUT2D eigenvalue weighted by atomic mass is 9.88. The summed E-state index contributed by atoms with van der Waals surface area (Å²) in [5, 5.41) is 13.4. The first-order chi connectivity index (χ1) is 16.3. The maximum absolute atomic E-state index is 12.8. The molecule has 7 nitrogen and oxygen atoms in total. The molecule has 0 radical (unpaired) electrons. The summed E-state index contributed by atoms with van der Waals surface area (Å²) in [6.07, 6.45) is 2.75. The van der Waals surface area contributed by atoms with E-state index in [1.165, 1.54) is 23.1 Å². The molecule has 2 heterocycles. The lowest BCUT2D eigenvalue weighted by molar-refractivity contribution is -0.113. The minimum Gasteiger partial charge on any atom is -0.462 e. The van der Waals surface area contributed by atoms with E-state index >= 15 is 0 Å². The van der Waals surface area contributed by atoms with Crippen LogP contribution in [0.3, 0.4) is 0 Å². The third kappa shape index (κ3) is 5.27. The van der Waals surface area contributed by atoms with Crippen LogP contribution in [0.1, 0.15) is 41.1 Å². The standard InChI is InChI=1S/C23H24Cl2N4O3S2/c1-4-32-22(31)19-14-7-5-12(2)9-17(14)34-21(19)26-18(30)11-33-23-28-27-20(29(23)3)13-6-8-15(24)16(25)10-13/h6,8,10,12H,4-5,7,9,11H2,1-3H3,(H,26,30). The highest BCUT2D eigenvalue weighted by Crippen LogP contribution is 2.40. The number of carbonyl (C=O) groups excluding carboxylic acids is 2. The fourth-order valence-corrected chi connectivity index (χ4v) is 6.30. The Kier molecular flexibility index (Phi) is 7.87. The number of benzene rings is 1. The molecule has 4 rings (SSSR count). The first-order valence-corrected chi connectivity index (χ1v) is 13.4. The molecule has 1 amide bonds. The number of aromatic nitrogens is 3. The van der Waals surface area contributed by atoms with Crippen molar-refractivity contribution in [1.29, 1.82) is 0 Å². The summed E-state index contributed by atoms with van der Waals surface area (Å²) < 4.78 is 7.08. The van der Waals surface area contributed by atoms with Crippen LogP contribution in [0.15, 0.2) is 23.4 Å². The lowest BCUT2D eigenvalue weighted by Crippen LogP contribution is -2.18. The number of carbonyl (C=O) groups is 2. The Morgan fingerprint density at radius 1 is 1.29 bits per heavy atom. The zero-order valence-corrected chi connectivity index (χ0v) is 22.1. The molecule has 0 bridgehead atoms. The SMILES string of the molecule is CCOC(=O)c1c(NC(=O)CSc2nnc(-c3ccc(Cl)c(Cl)c3)n2C)sc2c1CCC(C)C2. The number of nitrogens with one attached hydrogen (secondary N) is 1. The first-order valence-electron chi connectivity index (χ1n) is 10.9. The zero-order chi connectivity index (χ0) is 24.4. The number of hydrogen-bond donors (Lipinski definition) is 1.